The molecule has 0 N–H and O–H groups in total. The van der Waals surface area contributed by atoms with E-state index in [1.807, 2.05) is 0 Å². The van der Waals surface area contributed by atoms with Gasteiger partial charge in [-0.2, -0.15) is 0 Å². The Morgan fingerprint density at radius 1 is 1.10 bits per heavy atom. The molecule has 0 fully saturated rings. The normalized spacial score (nSPS) is 12.7. The van der Waals surface area contributed by atoms with Gasteiger partial charge in [-0.05, 0) is 30.5 Å². The lowest BCUT2D eigenvalue weighted by molar-refractivity contribution is 0.564. The molecule has 0 bridgehead atoms. The number of aryl methyl sites for hydroxylation is 1. The number of fused-ring (bicyclic) bond motifs is 1. The van der Waals surface area contributed by atoms with Crippen LogP contribution in [0.4, 0.5) is 0 Å². The number of hydrogen-bond acceptors (Lipinski definition) is 1. The highest BCUT2D eigenvalue weighted by Crippen LogP contribution is 2.30. The number of alkyl halides is 1. The minimum Gasteiger partial charge on any atom is -0.319 e. The van der Waals surface area contributed by atoms with Crippen LogP contribution in [0.1, 0.15) is 36.3 Å². The lowest BCUT2D eigenvalue weighted by Gasteiger charge is -2.21. The fourth-order valence-electron chi connectivity index (χ4n) is 3.04. The summed E-state index contributed by atoms with van der Waals surface area (Å²) in [6, 6.07) is 17.1. The number of halogens is 1. The van der Waals surface area contributed by atoms with Crippen molar-refractivity contribution < 1.29 is 0 Å². The van der Waals surface area contributed by atoms with E-state index < -0.39 is 0 Å². The quantitative estimate of drug-likeness (QED) is 0.614. The Kier molecular flexibility index (Phi) is 3.98. The molecule has 21 heavy (non-hydrogen) atoms. The Morgan fingerprint density at radius 3 is 2.52 bits per heavy atom. The molecule has 1 heterocycles. The van der Waals surface area contributed by atoms with Crippen LogP contribution in [-0.2, 0) is 5.88 Å². The molecule has 1 atom stereocenters. The van der Waals surface area contributed by atoms with Crippen molar-refractivity contribution in [3.63, 3.8) is 0 Å². The van der Waals surface area contributed by atoms with Crippen LogP contribution in [0, 0.1) is 6.92 Å². The molecule has 0 radical (unpaired) electrons. The van der Waals surface area contributed by atoms with Gasteiger partial charge in [-0.15, -0.1) is 11.6 Å². The van der Waals surface area contributed by atoms with Crippen LogP contribution in [0.25, 0.3) is 11.0 Å². The number of rotatable bonds is 4. The largest absolute Gasteiger partial charge is 0.319 e. The number of benzene rings is 2. The second-order valence-corrected chi connectivity index (χ2v) is 5.58. The molecule has 0 aliphatic carbocycles. The second kappa shape index (κ2) is 5.90. The molecular weight excluding hydrogens is 280 g/mol. The van der Waals surface area contributed by atoms with Crippen LogP contribution >= 0.6 is 11.6 Å². The zero-order valence-corrected chi connectivity index (χ0v) is 13.1. The molecule has 0 amide bonds. The second-order valence-electron chi connectivity index (χ2n) is 5.31. The zero-order chi connectivity index (χ0) is 14.8. The summed E-state index contributed by atoms with van der Waals surface area (Å²) in [6.45, 7) is 4.34. The fraction of sp³-hybridized carbons (Fsp3) is 0.278. The van der Waals surface area contributed by atoms with Gasteiger partial charge in [0.25, 0.3) is 0 Å². The first-order chi connectivity index (χ1) is 10.3. The number of para-hydroxylation sites is 1. The van der Waals surface area contributed by atoms with Crippen LogP contribution < -0.4 is 0 Å². The van der Waals surface area contributed by atoms with Crippen LogP contribution in [0.2, 0.25) is 0 Å². The third-order valence-electron chi connectivity index (χ3n) is 3.99. The summed E-state index contributed by atoms with van der Waals surface area (Å²) in [5, 5.41) is 0. The molecule has 0 aliphatic rings. The first-order valence-electron chi connectivity index (χ1n) is 7.33. The van der Waals surface area contributed by atoms with Gasteiger partial charge >= 0.3 is 0 Å². The van der Waals surface area contributed by atoms with Crippen molar-refractivity contribution in [1.82, 2.24) is 9.55 Å². The first-order valence-corrected chi connectivity index (χ1v) is 7.87. The summed E-state index contributed by atoms with van der Waals surface area (Å²) in [5.41, 5.74) is 4.77. The zero-order valence-electron chi connectivity index (χ0n) is 12.4. The maximum absolute atomic E-state index is 6.16. The van der Waals surface area contributed by atoms with Crippen molar-refractivity contribution in [2.45, 2.75) is 32.2 Å². The summed E-state index contributed by atoms with van der Waals surface area (Å²) >= 11 is 6.16. The number of nitrogens with zero attached hydrogens (tertiary/aromatic N) is 2. The fourth-order valence-corrected chi connectivity index (χ4v) is 3.23. The molecule has 3 rings (SSSR count). The molecule has 2 aromatic carbocycles. The van der Waals surface area contributed by atoms with E-state index >= 15 is 0 Å². The van der Waals surface area contributed by atoms with Crippen LogP contribution in [0.5, 0.6) is 0 Å². The molecule has 108 valence electrons. The maximum atomic E-state index is 6.16. The van der Waals surface area contributed by atoms with Gasteiger partial charge in [-0.3, -0.25) is 0 Å². The molecule has 0 saturated heterocycles. The molecule has 0 aliphatic heterocycles. The Labute approximate surface area is 130 Å². The first kappa shape index (κ1) is 14.2. The van der Waals surface area contributed by atoms with E-state index in [0.29, 0.717) is 5.88 Å². The van der Waals surface area contributed by atoms with Crippen molar-refractivity contribution in [3.8, 4) is 0 Å². The molecular formula is C18H19ClN2. The monoisotopic (exact) mass is 298 g/mol. The minimum absolute atomic E-state index is 0.269. The van der Waals surface area contributed by atoms with E-state index in [9.17, 15) is 0 Å². The standard InChI is InChI=1S/C18H19ClN2/c1-3-16(14-9-5-4-6-10-14)21-17(12-19)20-15-11-7-8-13(2)18(15)21/h4-11,16H,3,12H2,1-2H3. The third kappa shape index (κ3) is 2.44. The maximum Gasteiger partial charge on any atom is 0.125 e. The summed E-state index contributed by atoms with van der Waals surface area (Å²) in [7, 11) is 0. The summed E-state index contributed by atoms with van der Waals surface area (Å²) in [4.78, 5) is 4.72. The molecule has 1 aromatic heterocycles. The van der Waals surface area contributed by atoms with Gasteiger partial charge in [-0.1, -0.05) is 49.4 Å². The highest BCUT2D eigenvalue weighted by molar-refractivity contribution is 6.16. The number of hydrogen-bond donors (Lipinski definition) is 0. The summed E-state index contributed by atoms with van der Waals surface area (Å²) in [6.07, 6.45) is 1.01. The van der Waals surface area contributed by atoms with E-state index in [1.165, 1.54) is 16.6 Å². The molecule has 0 saturated carbocycles. The smallest absolute Gasteiger partial charge is 0.125 e. The van der Waals surface area contributed by atoms with Crippen molar-refractivity contribution in [2.75, 3.05) is 0 Å². The van der Waals surface area contributed by atoms with Crippen LogP contribution in [0.3, 0.4) is 0 Å². The highest BCUT2D eigenvalue weighted by Gasteiger charge is 2.19. The predicted octanol–water partition coefficient (Wildman–Crippen LogP) is 5.08. The predicted molar refractivity (Wildman–Crippen MR) is 88.9 cm³/mol. The SMILES string of the molecule is CCC(c1ccccc1)n1c(CCl)nc2cccc(C)c21. The van der Waals surface area contributed by atoms with Gasteiger partial charge in [0.1, 0.15) is 5.82 Å². The van der Waals surface area contributed by atoms with Crippen molar-refractivity contribution in [2.24, 2.45) is 0 Å². The molecule has 0 spiro atoms. The Balaban J connectivity index is 2.27. The number of imidazole rings is 1. The lowest BCUT2D eigenvalue weighted by atomic mass is 10.0. The van der Waals surface area contributed by atoms with Gasteiger partial charge in [0, 0.05) is 0 Å². The molecule has 2 nitrogen and oxygen atoms in total. The van der Waals surface area contributed by atoms with E-state index in [2.05, 4.69) is 66.9 Å². The van der Waals surface area contributed by atoms with Gasteiger partial charge in [0.2, 0.25) is 0 Å². The Hall–Kier alpha value is -1.80. The van der Waals surface area contributed by atoms with Crippen molar-refractivity contribution in [1.29, 1.82) is 0 Å². The number of aromatic nitrogens is 2. The van der Waals surface area contributed by atoms with Gasteiger partial charge < -0.3 is 4.57 Å². The van der Waals surface area contributed by atoms with E-state index in [1.54, 1.807) is 0 Å². The highest BCUT2D eigenvalue weighted by atomic mass is 35.5. The van der Waals surface area contributed by atoms with Crippen LogP contribution in [-0.4, -0.2) is 9.55 Å². The van der Waals surface area contributed by atoms with Gasteiger partial charge in [-0.25, -0.2) is 4.98 Å². The van der Waals surface area contributed by atoms with Gasteiger partial charge in [0.15, 0.2) is 0 Å². The van der Waals surface area contributed by atoms with Crippen molar-refractivity contribution in [3.05, 3.63) is 65.5 Å². The average molecular weight is 299 g/mol. The van der Waals surface area contributed by atoms with Crippen LogP contribution in [0.15, 0.2) is 48.5 Å². The topological polar surface area (TPSA) is 17.8 Å². The van der Waals surface area contributed by atoms with E-state index in [0.717, 1.165) is 17.8 Å². The molecule has 3 aromatic rings. The minimum atomic E-state index is 0.269. The van der Waals surface area contributed by atoms with Gasteiger partial charge in [0.05, 0.1) is 23.0 Å². The molecule has 3 heteroatoms. The molecule has 1 unspecified atom stereocenters. The summed E-state index contributed by atoms with van der Waals surface area (Å²) < 4.78 is 2.31. The Bertz CT molecular complexity index is 747. The summed E-state index contributed by atoms with van der Waals surface area (Å²) in [5.74, 6) is 1.37. The third-order valence-corrected chi connectivity index (χ3v) is 4.23. The average Bonchev–Trinajstić information content (AvgIpc) is 2.89. The Morgan fingerprint density at radius 2 is 1.86 bits per heavy atom. The van der Waals surface area contributed by atoms with Crippen molar-refractivity contribution >= 4 is 22.6 Å². The van der Waals surface area contributed by atoms with E-state index in [-0.39, 0.29) is 6.04 Å². The lowest BCUT2D eigenvalue weighted by Crippen LogP contribution is -2.13. The van der Waals surface area contributed by atoms with E-state index in [4.69, 9.17) is 16.6 Å².